The molecule has 2 aromatic carbocycles. The molecule has 4 nitrogen and oxygen atoms in total. The lowest BCUT2D eigenvalue weighted by Gasteiger charge is -2.03. The summed E-state index contributed by atoms with van der Waals surface area (Å²) < 4.78 is 9.30. The van der Waals surface area contributed by atoms with Gasteiger partial charge in [-0.05, 0) is 24.3 Å². The molecule has 7 heteroatoms. The van der Waals surface area contributed by atoms with Crippen molar-refractivity contribution in [3.63, 3.8) is 0 Å². The van der Waals surface area contributed by atoms with E-state index in [0.717, 1.165) is 32.8 Å². The summed E-state index contributed by atoms with van der Waals surface area (Å²) in [6, 6.07) is 13.2. The molecule has 0 atom stereocenters. The predicted octanol–water partition coefficient (Wildman–Crippen LogP) is 4.81. The number of anilines is 1. The third-order valence-corrected chi connectivity index (χ3v) is 5.48. The van der Waals surface area contributed by atoms with Crippen molar-refractivity contribution in [3.8, 4) is 0 Å². The van der Waals surface area contributed by atoms with Gasteiger partial charge < -0.3 is 5.32 Å². The number of carbonyl (C=O) groups is 1. The topological polar surface area (TPSA) is 54.9 Å². The standard InChI is InChI=1S/C15H8ClN3OS2/c16-13-9-3-1-2-4-12(9)21-14(13)15(20)17-8-5-6-10-11(7-8)19-22-18-10/h1-7H,(H,17,20). The monoisotopic (exact) mass is 345 g/mol. The molecule has 0 aliphatic carbocycles. The Kier molecular flexibility index (Phi) is 3.29. The number of hydrogen-bond donors (Lipinski definition) is 1. The van der Waals surface area contributed by atoms with Crippen LogP contribution in [0.15, 0.2) is 42.5 Å². The van der Waals surface area contributed by atoms with Gasteiger partial charge in [-0.1, -0.05) is 29.8 Å². The molecule has 0 aliphatic heterocycles. The zero-order valence-corrected chi connectivity index (χ0v) is 13.4. The highest BCUT2D eigenvalue weighted by Crippen LogP contribution is 2.35. The number of rotatable bonds is 2. The molecule has 0 fully saturated rings. The van der Waals surface area contributed by atoms with E-state index < -0.39 is 0 Å². The summed E-state index contributed by atoms with van der Waals surface area (Å²) in [7, 11) is 0. The smallest absolute Gasteiger partial charge is 0.267 e. The Labute approximate surface area is 138 Å². The van der Waals surface area contributed by atoms with Gasteiger partial charge in [0.05, 0.1) is 16.8 Å². The van der Waals surface area contributed by atoms with Gasteiger partial charge in [-0.2, -0.15) is 8.75 Å². The summed E-state index contributed by atoms with van der Waals surface area (Å²) in [5.41, 5.74) is 2.27. The molecule has 0 radical (unpaired) electrons. The van der Waals surface area contributed by atoms with E-state index in [-0.39, 0.29) is 5.91 Å². The third kappa shape index (κ3) is 2.25. The highest BCUT2D eigenvalue weighted by molar-refractivity contribution is 7.21. The Morgan fingerprint density at radius 1 is 1.09 bits per heavy atom. The molecule has 0 aliphatic rings. The molecule has 1 N–H and O–H groups in total. The predicted molar refractivity (Wildman–Crippen MR) is 92.2 cm³/mol. The van der Waals surface area contributed by atoms with Crippen LogP contribution in [0.4, 0.5) is 5.69 Å². The Morgan fingerprint density at radius 2 is 1.91 bits per heavy atom. The Balaban J connectivity index is 1.69. The van der Waals surface area contributed by atoms with Crippen molar-refractivity contribution >= 4 is 67.4 Å². The molecule has 0 bridgehead atoms. The minimum Gasteiger partial charge on any atom is -0.321 e. The van der Waals surface area contributed by atoms with Crippen molar-refractivity contribution in [2.75, 3.05) is 5.32 Å². The number of amides is 1. The number of nitrogens with zero attached hydrogens (tertiary/aromatic N) is 2. The van der Waals surface area contributed by atoms with Gasteiger partial charge in [-0.25, -0.2) is 0 Å². The van der Waals surface area contributed by atoms with E-state index in [1.54, 1.807) is 6.07 Å². The molecule has 22 heavy (non-hydrogen) atoms. The van der Waals surface area contributed by atoms with Crippen molar-refractivity contribution in [1.29, 1.82) is 0 Å². The summed E-state index contributed by atoms with van der Waals surface area (Å²) in [5, 5.41) is 4.26. The van der Waals surface area contributed by atoms with Gasteiger partial charge in [0.2, 0.25) is 0 Å². The minimum absolute atomic E-state index is 0.214. The number of thiophene rings is 1. The van der Waals surface area contributed by atoms with E-state index >= 15 is 0 Å². The molecule has 0 unspecified atom stereocenters. The summed E-state index contributed by atoms with van der Waals surface area (Å²) >= 11 is 8.86. The molecule has 4 aromatic rings. The van der Waals surface area contributed by atoms with Crippen molar-refractivity contribution < 1.29 is 4.79 Å². The lowest BCUT2D eigenvalue weighted by molar-refractivity contribution is 0.103. The number of hydrogen-bond acceptors (Lipinski definition) is 5. The molecule has 1 amide bonds. The Bertz CT molecular complexity index is 1010. The summed E-state index contributed by atoms with van der Waals surface area (Å²) in [6.45, 7) is 0. The highest BCUT2D eigenvalue weighted by Gasteiger charge is 2.17. The highest BCUT2D eigenvalue weighted by atomic mass is 35.5. The molecular formula is C15H8ClN3OS2. The number of aromatic nitrogens is 2. The molecule has 0 saturated carbocycles. The first kappa shape index (κ1) is 13.6. The second-order valence-electron chi connectivity index (χ2n) is 4.66. The number of nitrogens with one attached hydrogen (secondary N) is 1. The van der Waals surface area contributed by atoms with Crippen molar-refractivity contribution in [1.82, 2.24) is 8.75 Å². The Hall–Kier alpha value is -2.02. The van der Waals surface area contributed by atoms with Crippen LogP contribution in [0.25, 0.3) is 21.1 Å². The van der Waals surface area contributed by atoms with Crippen LogP contribution in [0, 0.1) is 0 Å². The molecule has 2 aromatic heterocycles. The summed E-state index contributed by atoms with van der Waals surface area (Å²) in [4.78, 5) is 13.0. The lowest BCUT2D eigenvalue weighted by atomic mass is 10.2. The fourth-order valence-corrected chi connectivity index (χ4v) is 4.14. The largest absolute Gasteiger partial charge is 0.321 e. The molecule has 0 saturated heterocycles. The Morgan fingerprint density at radius 3 is 2.77 bits per heavy atom. The molecule has 4 rings (SSSR count). The van der Waals surface area contributed by atoms with Gasteiger partial charge in [0, 0.05) is 15.8 Å². The fraction of sp³-hybridized carbons (Fsp3) is 0. The van der Waals surface area contributed by atoms with Gasteiger partial charge >= 0.3 is 0 Å². The van der Waals surface area contributed by atoms with Crippen molar-refractivity contribution in [3.05, 3.63) is 52.4 Å². The maximum atomic E-state index is 12.5. The van der Waals surface area contributed by atoms with Crippen LogP contribution in [0.2, 0.25) is 5.02 Å². The van der Waals surface area contributed by atoms with E-state index in [1.807, 2.05) is 36.4 Å². The van der Waals surface area contributed by atoms with E-state index in [0.29, 0.717) is 15.6 Å². The van der Waals surface area contributed by atoms with E-state index in [4.69, 9.17) is 11.6 Å². The van der Waals surface area contributed by atoms with Crippen LogP contribution >= 0.6 is 34.7 Å². The van der Waals surface area contributed by atoms with Crippen LogP contribution in [0.3, 0.4) is 0 Å². The zero-order valence-electron chi connectivity index (χ0n) is 11.0. The lowest BCUT2D eigenvalue weighted by Crippen LogP contribution is -2.10. The van der Waals surface area contributed by atoms with Crippen LogP contribution in [-0.4, -0.2) is 14.7 Å². The van der Waals surface area contributed by atoms with Crippen LogP contribution in [0.1, 0.15) is 9.67 Å². The van der Waals surface area contributed by atoms with E-state index in [9.17, 15) is 4.79 Å². The minimum atomic E-state index is -0.214. The first-order valence-electron chi connectivity index (χ1n) is 6.43. The maximum Gasteiger partial charge on any atom is 0.267 e. The second-order valence-corrected chi connectivity index (χ2v) is 6.62. The van der Waals surface area contributed by atoms with Gasteiger partial charge in [0.25, 0.3) is 5.91 Å². The van der Waals surface area contributed by atoms with Crippen LogP contribution in [-0.2, 0) is 0 Å². The SMILES string of the molecule is O=C(Nc1ccc2nsnc2c1)c1sc2ccccc2c1Cl. The van der Waals surface area contributed by atoms with Crippen LogP contribution in [0.5, 0.6) is 0 Å². The normalized spacial score (nSPS) is 11.1. The molecule has 2 heterocycles. The van der Waals surface area contributed by atoms with Gasteiger partial charge in [0.15, 0.2) is 0 Å². The first-order valence-corrected chi connectivity index (χ1v) is 8.35. The number of halogens is 1. The average molecular weight is 346 g/mol. The molecule has 108 valence electrons. The van der Waals surface area contributed by atoms with Crippen molar-refractivity contribution in [2.45, 2.75) is 0 Å². The molecular weight excluding hydrogens is 338 g/mol. The van der Waals surface area contributed by atoms with Crippen LogP contribution < -0.4 is 5.32 Å². The van der Waals surface area contributed by atoms with Gasteiger partial charge in [-0.3, -0.25) is 4.79 Å². The van der Waals surface area contributed by atoms with E-state index in [2.05, 4.69) is 14.1 Å². The van der Waals surface area contributed by atoms with Crippen molar-refractivity contribution in [2.24, 2.45) is 0 Å². The maximum absolute atomic E-state index is 12.5. The second kappa shape index (κ2) is 5.31. The zero-order chi connectivity index (χ0) is 15.1. The fourth-order valence-electron chi connectivity index (χ4n) is 2.21. The number of benzene rings is 2. The average Bonchev–Trinajstić information content (AvgIpc) is 3.12. The quantitative estimate of drug-likeness (QED) is 0.567. The third-order valence-electron chi connectivity index (χ3n) is 3.25. The number of carbonyl (C=O) groups excluding carboxylic acids is 1. The summed E-state index contributed by atoms with van der Waals surface area (Å²) in [5.74, 6) is -0.214. The van der Waals surface area contributed by atoms with Gasteiger partial charge in [-0.15, -0.1) is 11.3 Å². The number of fused-ring (bicyclic) bond motifs is 2. The first-order chi connectivity index (χ1) is 10.7. The molecule has 0 spiro atoms. The van der Waals surface area contributed by atoms with Gasteiger partial charge in [0.1, 0.15) is 15.9 Å². The van der Waals surface area contributed by atoms with E-state index in [1.165, 1.54) is 11.3 Å². The summed E-state index contributed by atoms with van der Waals surface area (Å²) in [6.07, 6.45) is 0.